The predicted molar refractivity (Wildman–Crippen MR) is 94.8 cm³/mol. The number of benzene rings is 2. The molecule has 7 heteroatoms. The first-order valence-corrected chi connectivity index (χ1v) is 8.40. The van der Waals surface area contributed by atoms with Gasteiger partial charge < -0.3 is 10.6 Å². The Hall–Kier alpha value is -2.54. The largest absolute Gasteiger partial charge is 0.407 e. The number of anilines is 2. The lowest BCUT2D eigenvalue weighted by Gasteiger charge is -2.31. The molecule has 0 radical (unpaired) electrons. The molecule has 26 heavy (non-hydrogen) atoms. The monoisotopic (exact) mass is 363 g/mol. The summed E-state index contributed by atoms with van der Waals surface area (Å²) in [5.41, 5.74) is 8.20. The van der Waals surface area contributed by atoms with Crippen molar-refractivity contribution in [1.82, 2.24) is 5.32 Å². The molecule has 138 valence electrons. The van der Waals surface area contributed by atoms with E-state index >= 15 is 0 Å². The van der Waals surface area contributed by atoms with E-state index in [0.29, 0.717) is 17.9 Å². The first-order chi connectivity index (χ1) is 12.4. The van der Waals surface area contributed by atoms with E-state index in [2.05, 4.69) is 5.32 Å². The molecular weight excluding hydrogens is 343 g/mol. The topological polar surface area (TPSA) is 58.4 Å². The van der Waals surface area contributed by atoms with E-state index < -0.39 is 24.7 Å². The number of hydrogen-bond donors (Lipinski definition) is 2. The fraction of sp³-hybridized carbons (Fsp3) is 0.316. The van der Waals surface area contributed by atoms with Crippen molar-refractivity contribution in [2.24, 2.45) is 0 Å². The van der Waals surface area contributed by atoms with Gasteiger partial charge >= 0.3 is 6.18 Å². The summed E-state index contributed by atoms with van der Waals surface area (Å²) in [4.78, 5) is 14.1. The van der Waals surface area contributed by atoms with Gasteiger partial charge in [0.05, 0.1) is 6.54 Å². The highest BCUT2D eigenvalue weighted by Gasteiger charge is 2.41. The Morgan fingerprint density at radius 2 is 1.88 bits per heavy atom. The summed E-state index contributed by atoms with van der Waals surface area (Å²) in [5.74, 6) is -0.401. The minimum atomic E-state index is -4.49. The minimum Gasteiger partial charge on any atom is -0.398 e. The van der Waals surface area contributed by atoms with E-state index in [1.165, 1.54) is 17.0 Å². The van der Waals surface area contributed by atoms with Gasteiger partial charge in [0.1, 0.15) is 6.04 Å². The summed E-state index contributed by atoms with van der Waals surface area (Å²) >= 11 is 0. The van der Waals surface area contributed by atoms with Gasteiger partial charge in [0.25, 0.3) is 0 Å². The van der Waals surface area contributed by atoms with Gasteiger partial charge in [0.2, 0.25) is 5.91 Å². The van der Waals surface area contributed by atoms with Crippen LogP contribution in [0.1, 0.15) is 23.6 Å². The molecule has 1 heterocycles. The van der Waals surface area contributed by atoms with Crippen molar-refractivity contribution in [2.45, 2.75) is 25.1 Å². The van der Waals surface area contributed by atoms with Crippen molar-refractivity contribution in [2.75, 3.05) is 23.7 Å². The minimum absolute atomic E-state index is 0.0797. The zero-order valence-corrected chi connectivity index (χ0v) is 14.1. The van der Waals surface area contributed by atoms with Gasteiger partial charge in [-0.05, 0) is 36.1 Å². The van der Waals surface area contributed by atoms with Gasteiger partial charge in [-0.2, -0.15) is 13.2 Å². The molecule has 2 aromatic rings. The summed E-state index contributed by atoms with van der Waals surface area (Å²) in [5, 5.41) is 2.37. The molecule has 1 unspecified atom stereocenters. The van der Waals surface area contributed by atoms with Crippen LogP contribution in [-0.2, 0) is 11.2 Å². The van der Waals surface area contributed by atoms with Crippen molar-refractivity contribution >= 4 is 17.3 Å². The van der Waals surface area contributed by atoms with Crippen LogP contribution in [-0.4, -0.2) is 25.2 Å². The van der Waals surface area contributed by atoms with Crippen molar-refractivity contribution in [3.05, 3.63) is 59.7 Å². The quantitative estimate of drug-likeness (QED) is 0.818. The molecule has 1 amide bonds. The average Bonchev–Trinajstić information content (AvgIpc) is 2.61. The van der Waals surface area contributed by atoms with Crippen LogP contribution < -0.4 is 16.0 Å². The summed E-state index contributed by atoms with van der Waals surface area (Å²) in [7, 11) is 0. The van der Waals surface area contributed by atoms with Crippen LogP contribution >= 0.6 is 0 Å². The fourth-order valence-electron chi connectivity index (χ4n) is 3.26. The van der Waals surface area contributed by atoms with Crippen LogP contribution in [0.4, 0.5) is 24.5 Å². The number of halogens is 3. The maximum Gasteiger partial charge on any atom is 0.407 e. The first-order valence-electron chi connectivity index (χ1n) is 8.40. The molecule has 0 saturated carbocycles. The van der Waals surface area contributed by atoms with Gasteiger partial charge in [-0.15, -0.1) is 0 Å². The number of nitrogen functional groups attached to an aromatic ring is 1. The van der Waals surface area contributed by atoms with Crippen LogP contribution in [0.2, 0.25) is 0 Å². The van der Waals surface area contributed by atoms with Crippen LogP contribution in [0, 0.1) is 0 Å². The molecule has 1 aliphatic rings. The molecule has 3 N–H and O–H groups in total. The van der Waals surface area contributed by atoms with Crippen LogP contribution in [0.5, 0.6) is 0 Å². The van der Waals surface area contributed by atoms with Crippen molar-refractivity contribution in [3.63, 3.8) is 0 Å². The van der Waals surface area contributed by atoms with Crippen LogP contribution in [0.25, 0.3) is 0 Å². The Balaban J connectivity index is 1.75. The first kappa shape index (κ1) is 18.3. The van der Waals surface area contributed by atoms with E-state index in [-0.39, 0.29) is 5.56 Å². The summed E-state index contributed by atoms with van der Waals surface area (Å²) in [6.07, 6.45) is -3.01. The highest BCUT2D eigenvalue weighted by Crippen LogP contribution is 2.33. The normalized spacial score (nSPS) is 15.4. The number of fused-ring (bicyclic) bond motifs is 1. The van der Waals surface area contributed by atoms with Gasteiger partial charge in [-0.25, -0.2) is 0 Å². The van der Waals surface area contributed by atoms with E-state index in [4.69, 9.17) is 5.73 Å². The molecule has 0 bridgehead atoms. The standard InChI is InChI=1S/C19H20F3N3O/c20-19(21,22)18(13-6-2-1-3-7-13)24-12-17(26)25-11-5-8-14-15(23)9-4-10-16(14)25/h1-4,6-7,9-10,18,24H,5,8,11-12,23H2. The molecule has 0 saturated heterocycles. The number of nitrogens with one attached hydrogen (secondary N) is 1. The Kier molecular flexibility index (Phi) is 5.18. The number of amides is 1. The lowest BCUT2D eigenvalue weighted by Crippen LogP contribution is -2.44. The second-order valence-corrected chi connectivity index (χ2v) is 6.26. The molecular formula is C19H20F3N3O. The van der Waals surface area contributed by atoms with E-state index in [1.54, 1.807) is 36.4 Å². The Labute approximate surface area is 149 Å². The lowest BCUT2D eigenvalue weighted by atomic mass is 10.00. The number of nitrogens with zero attached hydrogens (tertiary/aromatic N) is 1. The molecule has 1 atom stereocenters. The molecule has 0 aromatic heterocycles. The number of alkyl halides is 3. The van der Waals surface area contributed by atoms with Crippen molar-refractivity contribution in [3.8, 4) is 0 Å². The van der Waals surface area contributed by atoms with Crippen molar-refractivity contribution in [1.29, 1.82) is 0 Å². The molecule has 3 rings (SSSR count). The number of hydrogen-bond acceptors (Lipinski definition) is 3. The van der Waals surface area contributed by atoms with Gasteiger partial charge in [0.15, 0.2) is 0 Å². The highest BCUT2D eigenvalue weighted by molar-refractivity contribution is 5.96. The van der Waals surface area contributed by atoms with E-state index in [0.717, 1.165) is 18.4 Å². The van der Waals surface area contributed by atoms with E-state index in [9.17, 15) is 18.0 Å². The zero-order valence-electron chi connectivity index (χ0n) is 14.1. The number of rotatable bonds is 4. The van der Waals surface area contributed by atoms with Crippen LogP contribution in [0.15, 0.2) is 48.5 Å². The summed E-state index contributed by atoms with van der Waals surface area (Å²) in [6.45, 7) is 0.0618. The molecule has 1 aliphatic heterocycles. The summed E-state index contributed by atoms with van der Waals surface area (Å²) < 4.78 is 40.2. The number of carbonyl (C=O) groups excluding carboxylic acids is 1. The maximum absolute atomic E-state index is 13.4. The number of carbonyl (C=O) groups is 1. The van der Waals surface area contributed by atoms with Crippen molar-refractivity contribution < 1.29 is 18.0 Å². The van der Waals surface area contributed by atoms with E-state index in [1.807, 2.05) is 0 Å². The fourth-order valence-corrected chi connectivity index (χ4v) is 3.26. The average molecular weight is 363 g/mol. The van der Waals surface area contributed by atoms with Gasteiger partial charge in [0, 0.05) is 17.9 Å². The number of nitrogens with two attached hydrogens (primary N) is 1. The Bertz CT molecular complexity index is 777. The summed E-state index contributed by atoms with van der Waals surface area (Å²) in [6, 6.07) is 10.9. The predicted octanol–water partition coefficient (Wildman–Crippen LogP) is 3.44. The molecule has 0 aliphatic carbocycles. The SMILES string of the molecule is Nc1cccc2c1CCCN2C(=O)CNC(c1ccccc1)C(F)(F)F. The highest BCUT2D eigenvalue weighted by atomic mass is 19.4. The van der Waals surface area contributed by atoms with Gasteiger partial charge in [-0.1, -0.05) is 36.4 Å². The Morgan fingerprint density at radius 3 is 2.58 bits per heavy atom. The third-order valence-corrected chi connectivity index (χ3v) is 4.51. The third-order valence-electron chi connectivity index (χ3n) is 4.51. The lowest BCUT2D eigenvalue weighted by molar-refractivity contribution is -0.158. The zero-order chi connectivity index (χ0) is 18.7. The third kappa shape index (κ3) is 3.83. The van der Waals surface area contributed by atoms with Gasteiger partial charge in [-0.3, -0.25) is 10.1 Å². The molecule has 4 nitrogen and oxygen atoms in total. The second kappa shape index (κ2) is 7.37. The second-order valence-electron chi connectivity index (χ2n) is 6.26. The van der Waals surface area contributed by atoms with Crippen LogP contribution in [0.3, 0.4) is 0 Å². The molecule has 0 fully saturated rings. The Morgan fingerprint density at radius 1 is 1.15 bits per heavy atom. The molecule has 2 aromatic carbocycles. The maximum atomic E-state index is 13.4. The smallest absolute Gasteiger partial charge is 0.398 e. The molecule has 0 spiro atoms.